The second kappa shape index (κ2) is 5.27. The van der Waals surface area contributed by atoms with Crippen LogP contribution >= 0.6 is 0 Å². The van der Waals surface area contributed by atoms with Crippen LogP contribution in [-0.4, -0.2) is 30.9 Å². The smallest absolute Gasteiger partial charge is 0.144 e. The summed E-state index contributed by atoms with van der Waals surface area (Å²) in [5.74, 6) is 0.686. The Kier molecular flexibility index (Phi) is 4.23. The van der Waals surface area contributed by atoms with Crippen LogP contribution in [0.4, 0.5) is 11.4 Å². The van der Waals surface area contributed by atoms with Gasteiger partial charge in [-0.05, 0) is 32.9 Å². The summed E-state index contributed by atoms with van der Waals surface area (Å²) in [6.45, 7) is 6.48. The fraction of sp³-hybridized carbons (Fsp3) is 0.538. The fourth-order valence-corrected chi connectivity index (χ4v) is 1.54. The van der Waals surface area contributed by atoms with Crippen LogP contribution < -0.4 is 15.4 Å². The average Bonchev–Trinajstić information content (AvgIpc) is 2.31. The van der Waals surface area contributed by atoms with Crippen LogP contribution in [0.1, 0.15) is 20.8 Å². The second-order valence-corrected chi connectivity index (χ2v) is 4.65. The summed E-state index contributed by atoms with van der Waals surface area (Å²) >= 11 is 0. The van der Waals surface area contributed by atoms with Gasteiger partial charge in [-0.1, -0.05) is 6.07 Å². The molecule has 0 aromatic heterocycles. The first-order valence-electron chi connectivity index (χ1n) is 5.80. The minimum absolute atomic E-state index is 0.0573. The molecule has 0 radical (unpaired) electrons. The maximum Gasteiger partial charge on any atom is 0.144 e. The molecule has 0 aliphatic heterocycles. The molecule has 1 aromatic rings. The first kappa shape index (κ1) is 13.6. The molecule has 4 heteroatoms. The van der Waals surface area contributed by atoms with Gasteiger partial charge in [0.05, 0.1) is 30.1 Å². The van der Waals surface area contributed by atoms with E-state index in [0.29, 0.717) is 18.0 Å². The first-order chi connectivity index (χ1) is 7.94. The van der Waals surface area contributed by atoms with Crippen molar-refractivity contribution in [3.05, 3.63) is 18.2 Å². The second-order valence-electron chi connectivity index (χ2n) is 4.65. The number of benzene rings is 1. The number of nitrogens with zero attached hydrogens (tertiary/aromatic N) is 1. The molecule has 0 fully saturated rings. The standard InChI is InChI=1S/C13H22N2O2/c1-5-17-11-8-6-7-10(12(11)14)15(4)13(2,3)9-16/h6-8,16H,5,9,14H2,1-4H3. The molecule has 1 rings (SSSR count). The van der Waals surface area contributed by atoms with Crippen LogP contribution in [0.2, 0.25) is 0 Å². The van der Waals surface area contributed by atoms with Crippen LogP contribution in [0, 0.1) is 0 Å². The molecule has 17 heavy (non-hydrogen) atoms. The van der Waals surface area contributed by atoms with Crippen molar-refractivity contribution in [1.29, 1.82) is 0 Å². The number of aliphatic hydroxyl groups excluding tert-OH is 1. The zero-order valence-corrected chi connectivity index (χ0v) is 11.0. The number of para-hydroxylation sites is 1. The van der Waals surface area contributed by atoms with Gasteiger partial charge in [0.15, 0.2) is 0 Å². The molecule has 0 atom stereocenters. The lowest BCUT2D eigenvalue weighted by Crippen LogP contribution is -2.44. The van der Waals surface area contributed by atoms with E-state index in [0.717, 1.165) is 5.69 Å². The zero-order valence-electron chi connectivity index (χ0n) is 11.0. The van der Waals surface area contributed by atoms with Crippen LogP contribution in [0.5, 0.6) is 5.75 Å². The van der Waals surface area contributed by atoms with Gasteiger partial charge in [-0.3, -0.25) is 0 Å². The quantitative estimate of drug-likeness (QED) is 0.769. The minimum Gasteiger partial charge on any atom is -0.492 e. The van der Waals surface area contributed by atoms with E-state index in [4.69, 9.17) is 10.5 Å². The third-order valence-electron chi connectivity index (χ3n) is 3.00. The summed E-state index contributed by atoms with van der Waals surface area (Å²) in [6.07, 6.45) is 0. The number of ether oxygens (including phenoxy) is 1. The lowest BCUT2D eigenvalue weighted by molar-refractivity contribution is 0.216. The molecule has 96 valence electrons. The van der Waals surface area contributed by atoms with Crippen molar-refractivity contribution in [2.24, 2.45) is 0 Å². The molecule has 0 saturated heterocycles. The van der Waals surface area contributed by atoms with Crippen molar-refractivity contribution in [1.82, 2.24) is 0 Å². The average molecular weight is 238 g/mol. The molecule has 0 aliphatic rings. The molecule has 0 heterocycles. The number of nitrogen functional groups attached to an aromatic ring is 1. The molecule has 0 spiro atoms. The monoisotopic (exact) mass is 238 g/mol. The highest BCUT2D eigenvalue weighted by molar-refractivity contribution is 5.74. The number of nitrogens with two attached hydrogens (primary N) is 1. The predicted molar refractivity (Wildman–Crippen MR) is 71.6 cm³/mol. The largest absolute Gasteiger partial charge is 0.492 e. The van der Waals surface area contributed by atoms with Gasteiger partial charge in [0.1, 0.15) is 5.75 Å². The summed E-state index contributed by atoms with van der Waals surface area (Å²) in [7, 11) is 1.91. The van der Waals surface area contributed by atoms with Gasteiger partial charge >= 0.3 is 0 Å². The van der Waals surface area contributed by atoms with Crippen LogP contribution in [0.3, 0.4) is 0 Å². The van der Waals surface area contributed by atoms with Crippen molar-refractivity contribution < 1.29 is 9.84 Å². The van der Waals surface area contributed by atoms with E-state index in [1.807, 2.05) is 50.9 Å². The van der Waals surface area contributed by atoms with E-state index in [-0.39, 0.29) is 12.1 Å². The summed E-state index contributed by atoms with van der Waals surface area (Å²) in [4.78, 5) is 1.96. The molecule has 0 bridgehead atoms. The Bertz CT molecular complexity index is 378. The highest BCUT2D eigenvalue weighted by atomic mass is 16.5. The Labute approximate surface area is 103 Å². The number of hydrogen-bond acceptors (Lipinski definition) is 4. The van der Waals surface area contributed by atoms with Crippen molar-refractivity contribution in [2.45, 2.75) is 26.3 Å². The lowest BCUT2D eigenvalue weighted by atomic mass is 10.0. The molecule has 1 aromatic carbocycles. The van der Waals surface area contributed by atoms with Crippen molar-refractivity contribution in [3.63, 3.8) is 0 Å². The highest BCUT2D eigenvalue weighted by Crippen LogP contribution is 2.34. The van der Waals surface area contributed by atoms with Crippen molar-refractivity contribution in [3.8, 4) is 5.75 Å². The highest BCUT2D eigenvalue weighted by Gasteiger charge is 2.24. The summed E-state index contributed by atoms with van der Waals surface area (Å²) in [5.41, 5.74) is 7.19. The zero-order chi connectivity index (χ0) is 13.1. The summed E-state index contributed by atoms with van der Waals surface area (Å²) in [6, 6.07) is 5.68. The summed E-state index contributed by atoms with van der Waals surface area (Å²) in [5, 5.41) is 9.38. The normalized spacial score (nSPS) is 11.4. The van der Waals surface area contributed by atoms with Crippen molar-refractivity contribution in [2.75, 3.05) is 30.9 Å². The lowest BCUT2D eigenvalue weighted by Gasteiger charge is -2.36. The van der Waals surface area contributed by atoms with Crippen LogP contribution in [0.25, 0.3) is 0 Å². The maximum absolute atomic E-state index is 9.38. The Hall–Kier alpha value is -1.42. The number of hydrogen-bond donors (Lipinski definition) is 2. The van der Waals surface area contributed by atoms with Gasteiger partial charge in [-0.25, -0.2) is 0 Å². The predicted octanol–water partition coefficient (Wildman–Crippen LogP) is 1.87. The Morgan fingerprint density at radius 2 is 2.06 bits per heavy atom. The van der Waals surface area contributed by atoms with Gasteiger partial charge in [0, 0.05) is 7.05 Å². The third kappa shape index (κ3) is 2.82. The van der Waals surface area contributed by atoms with Gasteiger partial charge in [-0.2, -0.15) is 0 Å². The first-order valence-corrected chi connectivity index (χ1v) is 5.80. The minimum atomic E-state index is -0.362. The number of aliphatic hydroxyl groups is 1. The van der Waals surface area contributed by atoms with Crippen LogP contribution in [0.15, 0.2) is 18.2 Å². The van der Waals surface area contributed by atoms with E-state index in [1.165, 1.54) is 0 Å². The van der Waals surface area contributed by atoms with E-state index in [9.17, 15) is 5.11 Å². The molecular formula is C13H22N2O2. The molecule has 0 aliphatic carbocycles. The molecule has 0 amide bonds. The third-order valence-corrected chi connectivity index (χ3v) is 3.00. The molecule has 0 saturated carbocycles. The van der Waals surface area contributed by atoms with Gasteiger partial charge in [0.2, 0.25) is 0 Å². The fourth-order valence-electron chi connectivity index (χ4n) is 1.54. The van der Waals surface area contributed by atoms with Gasteiger partial charge in [-0.15, -0.1) is 0 Å². The number of anilines is 2. The number of rotatable bonds is 5. The van der Waals surface area contributed by atoms with E-state index < -0.39 is 0 Å². The van der Waals surface area contributed by atoms with Gasteiger partial charge < -0.3 is 20.5 Å². The van der Waals surface area contributed by atoms with E-state index >= 15 is 0 Å². The molecule has 3 N–H and O–H groups in total. The number of likely N-dealkylation sites (N-methyl/N-ethyl adjacent to an activating group) is 1. The molecule has 0 unspecified atom stereocenters. The Morgan fingerprint density at radius 1 is 1.41 bits per heavy atom. The summed E-state index contributed by atoms with van der Waals surface area (Å²) < 4.78 is 5.46. The van der Waals surface area contributed by atoms with Gasteiger partial charge in [0.25, 0.3) is 0 Å². The van der Waals surface area contributed by atoms with Crippen molar-refractivity contribution >= 4 is 11.4 Å². The molecular weight excluding hydrogens is 216 g/mol. The maximum atomic E-state index is 9.38. The topological polar surface area (TPSA) is 58.7 Å². The SMILES string of the molecule is CCOc1cccc(N(C)C(C)(C)CO)c1N. The van der Waals surface area contributed by atoms with E-state index in [2.05, 4.69) is 0 Å². The Morgan fingerprint density at radius 3 is 2.59 bits per heavy atom. The van der Waals surface area contributed by atoms with E-state index in [1.54, 1.807) is 0 Å². The van der Waals surface area contributed by atoms with Crippen LogP contribution in [-0.2, 0) is 0 Å². The molecule has 4 nitrogen and oxygen atoms in total. The Balaban J connectivity index is 3.10.